The molecule has 0 bridgehead atoms. The predicted molar refractivity (Wildman–Crippen MR) is 98.7 cm³/mol. The van der Waals surface area contributed by atoms with Crippen molar-refractivity contribution >= 4 is 28.6 Å². The largest absolute Gasteiger partial charge is 0.366 e. The van der Waals surface area contributed by atoms with E-state index >= 15 is 0 Å². The summed E-state index contributed by atoms with van der Waals surface area (Å²) < 4.78 is 0. The highest BCUT2D eigenvalue weighted by Crippen LogP contribution is 2.26. The topological polar surface area (TPSA) is 67.7 Å². The Morgan fingerprint density at radius 2 is 1.60 bits per heavy atom. The lowest BCUT2D eigenvalue weighted by Crippen LogP contribution is -2.15. The van der Waals surface area contributed by atoms with Crippen LogP contribution in [0.25, 0.3) is 11.2 Å². The average molecular weight is 351 g/mol. The number of nitrogens with one attached hydrogen (secondary N) is 3. The van der Waals surface area contributed by atoms with Crippen LogP contribution >= 0.6 is 11.6 Å². The van der Waals surface area contributed by atoms with Crippen molar-refractivity contribution in [3.8, 4) is 0 Å². The van der Waals surface area contributed by atoms with Crippen LogP contribution in [-0.2, 0) is 0 Å². The molecule has 0 radical (unpaired) electrons. The van der Waals surface area contributed by atoms with Gasteiger partial charge in [0.15, 0.2) is 12.1 Å². The van der Waals surface area contributed by atoms with Crippen molar-refractivity contribution in [1.29, 1.82) is 0 Å². The number of halogens is 1. The smallest absolute Gasteiger partial charge is 0.306 e. The second-order valence-corrected chi connectivity index (χ2v) is 6.09. The van der Waals surface area contributed by atoms with Crippen molar-refractivity contribution in [1.82, 2.24) is 15.0 Å². The highest BCUT2D eigenvalue weighted by molar-refractivity contribution is 6.28. The van der Waals surface area contributed by atoms with E-state index in [1.54, 1.807) is 6.33 Å². The maximum atomic E-state index is 6.03. The second-order valence-electron chi connectivity index (χ2n) is 5.75. The molecule has 0 fully saturated rings. The standard InChI is InChI=1S/C19H16ClN5/c20-19-24-17(16-18(25-19)23-12-22-16)21-11-15(13-7-3-1-4-8-13)14-9-5-2-6-10-14/h1-10,12,15H,11H2,(H2,21,22,23,24,25)/p+1. The quantitative estimate of drug-likeness (QED) is 0.540. The van der Waals surface area contributed by atoms with Crippen molar-refractivity contribution in [2.75, 3.05) is 11.9 Å². The molecule has 0 atom stereocenters. The molecule has 124 valence electrons. The number of benzene rings is 2. The molecule has 0 unspecified atom stereocenters. The van der Waals surface area contributed by atoms with Crippen molar-refractivity contribution in [2.24, 2.45) is 0 Å². The Bertz CT molecular complexity index is 929. The zero-order valence-electron chi connectivity index (χ0n) is 13.4. The van der Waals surface area contributed by atoms with Gasteiger partial charge in [-0.2, -0.15) is 4.98 Å². The number of imidazole rings is 1. The maximum absolute atomic E-state index is 6.03. The van der Waals surface area contributed by atoms with Crippen LogP contribution in [0.1, 0.15) is 17.0 Å². The molecule has 2 aromatic heterocycles. The summed E-state index contributed by atoms with van der Waals surface area (Å²) >= 11 is 6.03. The van der Waals surface area contributed by atoms with Crippen LogP contribution in [0.5, 0.6) is 0 Å². The predicted octanol–water partition coefficient (Wildman–Crippen LogP) is 3.67. The summed E-state index contributed by atoms with van der Waals surface area (Å²) in [5.74, 6) is 0.887. The number of aromatic nitrogens is 4. The Morgan fingerprint density at radius 1 is 0.960 bits per heavy atom. The van der Waals surface area contributed by atoms with E-state index in [-0.39, 0.29) is 11.2 Å². The number of hydrogen-bond donors (Lipinski definition) is 2. The molecule has 0 amide bonds. The van der Waals surface area contributed by atoms with E-state index in [9.17, 15) is 0 Å². The molecule has 25 heavy (non-hydrogen) atoms. The summed E-state index contributed by atoms with van der Waals surface area (Å²) in [6.45, 7) is 0.690. The van der Waals surface area contributed by atoms with Crippen LogP contribution in [0, 0.1) is 0 Å². The van der Waals surface area contributed by atoms with Gasteiger partial charge in [0.2, 0.25) is 5.52 Å². The van der Waals surface area contributed by atoms with Gasteiger partial charge in [-0.3, -0.25) is 4.98 Å². The molecule has 0 saturated carbocycles. The number of anilines is 1. The van der Waals surface area contributed by atoms with Crippen molar-refractivity contribution < 1.29 is 4.98 Å². The minimum Gasteiger partial charge on any atom is -0.366 e. The van der Waals surface area contributed by atoms with Crippen LogP contribution in [-0.4, -0.2) is 21.5 Å². The third kappa shape index (κ3) is 3.32. The fraction of sp³-hybridized carbons (Fsp3) is 0.105. The molecule has 0 aliphatic heterocycles. The molecule has 0 aliphatic carbocycles. The van der Waals surface area contributed by atoms with Crippen LogP contribution in [0.3, 0.4) is 0 Å². The normalized spacial score (nSPS) is 11.1. The highest BCUT2D eigenvalue weighted by atomic mass is 35.5. The van der Waals surface area contributed by atoms with Gasteiger partial charge in [0.1, 0.15) is 0 Å². The van der Waals surface area contributed by atoms with E-state index < -0.39 is 0 Å². The minimum absolute atomic E-state index is 0.199. The van der Waals surface area contributed by atoms with Gasteiger partial charge < -0.3 is 5.32 Å². The summed E-state index contributed by atoms with van der Waals surface area (Å²) in [6, 6.07) is 20.9. The molecule has 2 aromatic carbocycles. The lowest BCUT2D eigenvalue weighted by atomic mass is 9.91. The molecule has 0 aliphatic rings. The van der Waals surface area contributed by atoms with Crippen LogP contribution in [0.2, 0.25) is 5.28 Å². The Hall–Kier alpha value is -2.92. The molecule has 6 heteroatoms. The fourth-order valence-corrected chi connectivity index (χ4v) is 3.15. The van der Waals surface area contributed by atoms with Gasteiger partial charge in [0.25, 0.3) is 0 Å². The summed E-state index contributed by atoms with van der Waals surface area (Å²) in [5, 5.41) is 3.63. The zero-order valence-corrected chi connectivity index (χ0v) is 14.2. The minimum atomic E-state index is 0.199. The fourth-order valence-electron chi connectivity index (χ4n) is 2.98. The Morgan fingerprint density at radius 3 is 2.24 bits per heavy atom. The van der Waals surface area contributed by atoms with Gasteiger partial charge >= 0.3 is 10.9 Å². The lowest BCUT2D eigenvalue weighted by Gasteiger charge is -2.19. The third-order valence-electron chi connectivity index (χ3n) is 4.18. The summed E-state index contributed by atoms with van der Waals surface area (Å²) in [7, 11) is 0. The van der Waals surface area contributed by atoms with Crippen LogP contribution < -0.4 is 10.3 Å². The van der Waals surface area contributed by atoms with Crippen LogP contribution in [0.4, 0.5) is 5.82 Å². The van der Waals surface area contributed by atoms with Crippen molar-refractivity contribution in [2.45, 2.75) is 5.92 Å². The van der Waals surface area contributed by atoms with Gasteiger partial charge in [-0.15, -0.1) is 0 Å². The Kier molecular flexibility index (Phi) is 4.31. The molecule has 2 heterocycles. The molecule has 4 aromatic rings. The lowest BCUT2D eigenvalue weighted by molar-refractivity contribution is -0.347. The van der Waals surface area contributed by atoms with Crippen molar-refractivity contribution in [3.05, 3.63) is 83.4 Å². The number of aromatic amines is 2. The summed E-state index contributed by atoms with van der Waals surface area (Å²) in [4.78, 5) is 14.6. The monoisotopic (exact) mass is 350 g/mol. The molecule has 0 spiro atoms. The highest BCUT2D eigenvalue weighted by Gasteiger charge is 2.18. The number of hydrogen-bond acceptors (Lipinski definition) is 3. The van der Waals surface area contributed by atoms with E-state index in [1.165, 1.54) is 11.1 Å². The Balaban J connectivity index is 1.66. The van der Waals surface area contributed by atoms with Gasteiger partial charge in [-0.25, -0.2) is 4.98 Å². The SMILES string of the molecule is Clc1nc(NCC(c2ccccc2)c2ccccc2)c2[nH]c[nH+]c2n1. The van der Waals surface area contributed by atoms with E-state index in [0.717, 1.165) is 5.52 Å². The van der Waals surface area contributed by atoms with E-state index in [4.69, 9.17) is 11.6 Å². The number of fused-ring (bicyclic) bond motifs is 1. The molecule has 4 rings (SSSR count). The van der Waals surface area contributed by atoms with Gasteiger partial charge in [0.05, 0.1) is 0 Å². The Labute approximate surface area is 150 Å². The molecule has 3 N–H and O–H groups in total. The first-order valence-corrected chi connectivity index (χ1v) is 8.45. The first kappa shape index (κ1) is 15.6. The van der Waals surface area contributed by atoms with Gasteiger partial charge in [0, 0.05) is 12.5 Å². The molecule has 5 nitrogen and oxygen atoms in total. The first-order valence-electron chi connectivity index (χ1n) is 8.07. The molecule has 0 saturated heterocycles. The van der Waals surface area contributed by atoms with E-state index in [1.807, 2.05) is 12.1 Å². The van der Waals surface area contributed by atoms with E-state index in [2.05, 4.69) is 73.8 Å². The average Bonchev–Trinajstić information content (AvgIpc) is 3.12. The third-order valence-corrected chi connectivity index (χ3v) is 4.35. The second kappa shape index (κ2) is 6.91. The number of rotatable bonds is 5. The van der Waals surface area contributed by atoms with Gasteiger partial charge in [-0.05, 0) is 22.7 Å². The van der Waals surface area contributed by atoms with Crippen molar-refractivity contribution in [3.63, 3.8) is 0 Å². The number of nitrogens with zero attached hydrogens (tertiary/aromatic N) is 2. The first-order chi connectivity index (χ1) is 12.3. The zero-order chi connectivity index (χ0) is 17.1. The number of H-pyrrole nitrogens is 2. The summed E-state index contributed by atoms with van der Waals surface area (Å²) in [6.07, 6.45) is 1.72. The maximum Gasteiger partial charge on any atom is 0.306 e. The van der Waals surface area contributed by atoms with Gasteiger partial charge in [-0.1, -0.05) is 65.6 Å². The molecular weight excluding hydrogens is 334 g/mol. The summed E-state index contributed by atoms with van der Waals surface area (Å²) in [5.41, 5.74) is 3.98. The molecular formula is C19H17ClN5+. The van der Waals surface area contributed by atoms with Crippen LogP contribution in [0.15, 0.2) is 67.0 Å². The van der Waals surface area contributed by atoms with E-state index in [0.29, 0.717) is 18.0 Å².